The molecule has 0 saturated carbocycles. The van der Waals surface area contributed by atoms with Gasteiger partial charge in [0.2, 0.25) is 0 Å². The van der Waals surface area contributed by atoms with Crippen molar-refractivity contribution in [1.29, 1.82) is 0 Å². The summed E-state index contributed by atoms with van der Waals surface area (Å²) in [5.74, 6) is -0.657. The maximum Gasteiger partial charge on any atom is 0.338 e. The quantitative estimate of drug-likeness (QED) is 0.629. The minimum atomic E-state index is -0.381. The lowest BCUT2D eigenvalue weighted by molar-refractivity contribution is 0.0600. The average Bonchev–Trinajstić information content (AvgIpc) is 2.67. The van der Waals surface area contributed by atoms with Crippen LogP contribution in [0.25, 0.3) is 12.2 Å². The third-order valence-electron chi connectivity index (χ3n) is 4.15. The molecule has 130 valence electrons. The van der Waals surface area contributed by atoms with Gasteiger partial charge in [0.25, 0.3) is 0 Å². The Hall–Kier alpha value is -2.66. The van der Waals surface area contributed by atoms with E-state index in [0.717, 1.165) is 29.9 Å². The van der Waals surface area contributed by atoms with Gasteiger partial charge in [-0.15, -0.1) is 0 Å². The monoisotopic (exact) mass is 341 g/mol. The molecule has 2 aromatic rings. The topological polar surface area (TPSA) is 38.8 Å². The highest BCUT2D eigenvalue weighted by atomic mass is 19.1. The number of hydrogen-bond donors (Lipinski definition) is 0. The van der Waals surface area contributed by atoms with Crippen LogP contribution in [0.2, 0.25) is 0 Å². The summed E-state index contributed by atoms with van der Waals surface area (Å²) >= 11 is 0. The second-order valence-corrected chi connectivity index (χ2v) is 5.71. The molecule has 0 amide bonds. The van der Waals surface area contributed by atoms with E-state index in [1.165, 1.54) is 19.2 Å². The molecule has 0 aromatic heterocycles. The van der Waals surface area contributed by atoms with Crippen LogP contribution in [-0.2, 0) is 9.47 Å². The molecule has 1 heterocycles. The number of esters is 1. The second-order valence-electron chi connectivity index (χ2n) is 5.71. The van der Waals surface area contributed by atoms with Crippen molar-refractivity contribution >= 4 is 23.8 Å². The number of rotatable bonds is 4. The minimum absolute atomic E-state index is 0.277. The van der Waals surface area contributed by atoms with Gasteiger partial charge in [0.15, 0.2) is 0 Å². The van der Waals surface area contributed by atoms with Crippen LogP contribution in [0.5, 0.6) is 0 Å². The third kappa shape index (κ3) is 4.06. The molecule has 1 fully saturated rings. The highest BCUT2D eigenvalue weighted by molar-refractivity contribution is 5.97. The Morgan fingerprint density at radius 2 is 1.84 bits per heavy atom. The lowest BCUT2D eigenvalue weighted by Crippen LogP contribution is -2.36. The summed E-state index contributed by atoms with van der Waals surface area (Å²) in [4.78, 5) is 14.4. The van der Waals surface area contributed by atoms with Crippen molar-refractivity contribution < 1.29 is 18.7 Å². The number of carbonyl (C=O) groups excluding carboxylic acids is 1. The first-order valence-corrected chi connectivity index (χ1v) is 8.16. The van der Waals surface area contributed by atoms with Crippen molar-refractivity contribution in [3.8, 4) is 0 Å². The van der Waals surface area contributed by atoms with E-state index in [4.69, 9.17) is 9.47 Å². The van der Waals surface area contributed by atoms with Crippen LogP contribution in [0.4, 0.5) is 10.1 Å². The number of benzene rings is 2. The van der Waals surface area contributed by atoms with Crippen LogP contribution >= 0.6 is 0 Å². The summed E-state index contributed by atoms with van der Waals surface area (Å²) in [6.07, 6.45) is 3.75. The van der Waals surface area contributed by atoms with Crippen molar-refractivity contribution in [1.82, 2.24) is 0 Å². The average molecular weight is 341 g/mol. The Bertz CT molecular complexity index is 765. The molecule has 1 aliphatic heterocycles. The third-order valence-corrected chi connectivity index (χ3v) is 4.15. The molecule has 0 atom stereocenters. The van der Waals surface area contributed by atoms with Gasteiger partial charge < -0.3 is 14.4 Å². The van der Waals surface area contributed by atoms with E-state index >= 15 is 0 Å². The molecule has 2 aromatic carbocycles. The van der Waals surface area contributed by atoms with E-state index in [2.05, 4.69) is 4.90 Å². The Labute approximate surface area is 146 Å². The fourth-order valence-corrected chi connectivity index (χ4v) is 2.85. The van der Waals surface area contributed by atoms with Crippen molar-refractivity contribution in [3.63, 3.8) is 0 Å². The van der Waals surface area contributed by atoms with Gasteiger partial charge in [-0.1, -0.05) is 30.4 Å². The maximum absolute atomic E-state index is 13.1. The van der Waals surface area contributed by atoms with E-state index in [-0.39, 0.29) is 11.8 Å². The number of hydrogen-bond acceptors (Lipinski definition) is 4. The largest absolute Gasteiger partial charge is 0.465 e. The van der Waals surface area contributed by atoms with E-state index < -0.39 is 0 Å². The van der Waals surface area contributed by atoms with Crippen molar-refractivity contribution in [3.05, 3.63) is 65.0 Å². The SMILES string of the molecule is COC(=O)c1cccc(N2CCOCC2)c1C=Cc1ccc(F)cc1. The highest BCUT2D eigenvalue weighted by Crippen LogP contribution is 2.28. The number of nitrogens with zero attached hydrogens (tertiary/aromatic N) is 1. The summed E-state index contributed by atoms with van der Waals surface area (Å²) in [6, 6.07) is 11.8. The summed E-state index contributed by atoms with van der Waals surface area (Å²) in [7, 11) is 1.37. The van der Waals surface area contributed by atoms with Crippen LogP contribution in [0.15, 0.2) is 42.5 Å². The fraction of sp³-hybridized carbons (Fsp3) is 0.250. The molecule has 0 N–H and O–H groups in total. The Balaban J connectivity index is 2.00. The molecule has 1 aliphatic rings. The number of carbonyl (C=O) groups is 1. The molecule has 1 saturated heterocycles. The molecular weight excluding hydrogens is 321 g/mol. The lowest BCUT2D eigenvalue weighted by atomic mass is 10.0. The molecule has 4 nitrogen and oxygen atoms in total. The lowest BCUT2D eigenvalue weighted by Gasteiger charge is -2.30. The minimum Gasteiger partial charge on any atom is -0.465 e. The number of ether oxygens (including phenoxy) is 2. The first kappa shape index (κ1) is 17.2. The summed E-state index contributed by atoms with van der Waals surface area (Å²) in [5.41, 5.74) is 3.11. The van der Waals surface area contributed by atoms with Gasteiger partial charge in [0.1, 0.15) is 5.82 Å². The molecule has 0 radical (unpaired) electrons. The maximum atomic E-state index is 13.1. The summed E-state index contributed by atoms with van der Waals surface area (Å²) < 4.78 is 23.4. The number of halogens is 1. The molecule has 3 rings (SSSR count). The van der Waals surface area contributed by atoms with Gasteiger partial charge >= 0.3 is 5.97 Å². The molecular formula is C20H20FNO3. The van der Waals surface area contributed by atoms with Crippen molar-refractivity contribution in [2.75, 3.05) is 38.3 Å². The van der Waals surface area contributed by atoms with Gasteiger partial charge in [-0.3, -0.25) is 0 Å². The van der Waals surface area contributed by atoms with Crippen LogP contribution in [0.3, 0.4) is 0 Å². The van der Waals surface area contributed by atoms with Crippen LogP contribution in [-0.4, -0.2) is 39.4 Å². The number of methoxy groups -OCH3 is 1. The molecule has 0 bridgehead atoms. The fourth-order valence-electron chi connectivity index (χ4n) is 2.85. The van der Waals surface area contributed by atoms with Crippen LogP contribution in [0.1, 0.15) is 21.5 Å². The predicted octanol–water partition coefficient (Wildman–Crippen LogP) is 3.62. The first-order chi connectivity index (χ1) is 12.2. The van der Waals surface area contributed by atoms with Gasteiger partial charge in [-0.05, 0) is 29.8 Å². The first-order valence-electron chi connectivity index (χ1n) is 8.16. The number of anilines is 1. The molecule has 0 spiro atoms. The standard InChI is InChI=1S/C20H20FNO3/c1-24-20(23)18-3-2-4-19(22-11-13-25-14-12-22)17(18)10-7-15-5-8-16(21)9-6-15/h2-10H,11-14H2,1H3. The van der Waals surface area contributed by atoms with E-state index in [0.29, 0.717) is 18.8 Å². The van der Waals surface area contributed by atoms with Crippen molar-refractivity contribution in [2.45, 2.75) is 0 Å². The second kappa shape index (κ2) is 7.94. The van der Waals surface area contributed by atoms with E-state index in [9.17, 15) is 9.18 Å². The normalized spacial score (nSPS) is 14.7. The zero-order valence-electron chi connectivity index (χ0n) is 14.1. The molecule has 0 aliphatic carbocycles. The predicted molar refractivity (Wildman–Crippen MR) is 96.1 cm³/mol. The number of morpholine rings is 1. The van der Waals surface area contributed by atoms with Crippen LogP contribution in [0, 0.1) is 5.82 Å². The van der Waals surface area contributed by atoms with Gasteiger partial charge in [-0.2, -0.15) is 0 Å². The highest BCUT2D eigenvalue weighted by Gasteiger charge is 2.19. The van der Waals surface area contributed by atoms with Gasteiger partial charge in [-0.25, -0.2) is 9.18 Å². The zero-order valence-corrected chi connectivity index (χ0v) is 14.1. The van der Waals surface area contributed by atoms with Crippen LogP contribution < -0.4 is 4.90 Å². The smallest absolute Gasteiger partial charge is 0.338 e. The summed E-state index contributed by atoms with van der Waals surface area (Å²) in [5, 5.41) is 0. The van der Waals surface area contributed by atoms with Crippen molar-refractivity contribution in [2.24, 2.45) is 0 Å². The Morgan fingerprint density at radius 3 is 2.52 bits per heavy atom. The summed E-state index contributed by atoms with van der Waals surface area (Å²) in [6.45, 7) is 2.84. The molecule has 5 heteroatoms. The molecule has 25 heavy (non-hydrogen) atoms. The van der Waals surface area contributed by atoms with E-state index in [1.807, 2.05) is 24.3 Å². The Kier molecular flexibility index (Phi) is 5.46. The van der Waals surface area contributed by atoms with Gasteiger partial charge in [0.05, 0.1) is 25.9 Å². The van der Waals surface area contributed by atoms with Gasteiger partial charge in [0, 0.05) is 24.3 Å². The Morgan fingerprint density at radius 1 is 1.12 bits per heavy atom. The van der Waals surface area contributed by atoms with E-state index in [1.54, 1.807) is 18.2 Å². The zero-order chi connectivity index (χ0) is 17.6. The molecule has 0 unspecified atom stereocenters.